The molecule has 186 valence electrons. The van der Waals surface area contributed by atoms with Crippen molar-refractivity contribution in [2.75, 3.05) is 5.32 Å². The van der Waals surface area contributed by atoms with Crippen molar-refractivity contribution in [2.24, 2.45) is 0 Å². The molecule has 2 aromatic heterocycles. The molecule has 2 heterocycles. The molecular formula is C25H19ClN6O5. The summed E-state index contributed by atoms with van der Waals surface area (Å²) in [6.45, 7) is -0.249. The van der Waals surface area contributed by atoms with Gasteiger partial charge in [-0.25, -0.2) is 19.1 Å². The number of nitrogens with zero attached hydrogens (tertiary/aromatic N) is 5. The van der Waals surface area contributed by atoms with E-state index in [-0.39, 0.29) is 19.0 Å². The molecule has 0 unspecified atom stereocenters. The van der Waals surface area contributed by atoms with Gasteiger partial charge in [-0.15, -0.1) is 0 Å². The average Bonchev–Trinajstić information content (AvgIpc) is 2.89. The number of hydrogen-bond acceptors (Lipinski definition) is 8. The number of aliphatic carboxylic acids is 1. The van der Waals surface area contributed by atoms with Gasteiger partial charge in [0.05, 0.1) is 18.5 Å². The van der Waals surface area contributed by atoms with Gasteiger partial charge in [0, 0.05) is 29.5 Å². The topological polar surface area (TPSA) is 152 Å². The summed E-state index contributed by atoms with van der Waals surface area (Å²) < 4.78 is 7.70. The van der Waals surface area contributed by atoms with Gasteiger partial charge in [0.1, 0.15) is 11.8 Å². The number of carboxylic acid groups (broad SMARTS) is 1. The highest BCUT2D eigenvalue weighted by Gasteiger charge is 2.15. The molecule has 0 radical (unpaired) electrons. The highest BCUT2D eigenvalue weighted by molar-refractivity contribution is 6.30. The third-order valence-electron chi connectivity index (χ3n) is 5.15. The Bertz CT molecular complexity index is 1570. The van der Waals surface area contributed by atoms with Gasteiger partial charge in [-0.3, -0.25) is 9.36 Å². The van der Waals surface area contributed by atoms with Gasteiger partial charge < -0.3 is 15.2 Å². The summed E-state index contributed by atoms with van der Waals surface area (Å²) in [5.74, 6) is -0.378. The summed E-state index contributed by atoms with van der Waals surface area (Å²) in [7, 11) is 0. The molecule has 0 aliphatic carbocycles. The maximum atomic E-state index is 13.2. The lowest BCUT2D eigenvalue weighted by Gasteiger charge is -2.16. The zero-order valence-electron chi connectivity index (χ0n) is 19.2. The Kier molecular flexibility index (Phi) is 7.61. The molecule has 0 aliphatic rings. The first-order valence-electron chi connectivity index (χ1n) is 10.9. The van der Waals surface area contributed by atoms with E-state index in [1.54, 1.807) is 60.7 Å². The van der Waals surface area contributed by atoms with Gasteiger partial charge in [-0.1, -0.05) is 23.7 Å². The molecule has 0 fully saturated rings. The molecule has 4 aromatic rings. The van der Waals surface area contributed by atoms with Crippen LogP contribution in [0.25, 0.3) is 0 Å². The molecule has 0 bridgehead atoms. The summed E-state index contributed by atoms with van der Waals surface area (Å²) in [4.78, 5) is 44.8. The van der Waals surface area contributed by atoms with Crippen LogP contribution in [0.4, 0.5) is 11.6 Å². The number of nitrogens with one attached hydrogen (secondary N) is 1. The van der Waals surface area contributed by atoms with Crippen molar-refractivity contribution in [3.63, 3.8) is 0 Å². The van der Waals surface area contributed by atoms with Crippen molar-refractivity contribution >= 4 is 29.2 Å². The average molecular weight is 519 g/mol. The van der Waals surface area contributed by atoms with Gasteiger partial charge in [0.2, 0.25) is 11.8 Å². The maximum absolute atomic E-state index is 13.2. The molecule has 0 saturated carbocycles. The van der Waals surface area contributed by atoms with Crippen LogP contribution in [0.15, 0.2) is 76.4 Å². The second kappa shape index (κ2) is 11.2. The van der Waals surface area contributed by atoms with Gasteiger partial charge in [0.15, 0.2) is 0 Å². The first-order valence-corrected chi connectivity index (χ1v) is 11.3. The number of carboxylic acids is 1. The Morgan fingerprint density at radius 1 is 1.05 bits per heavy atom. The van der Waals surface area contributed by atoms with Crippen LogP contribution in [0, 0.1) is 11.3 Å². The summed E-state index contributed by atoms with van der Waals surface area (Å²) in [6.07, 6.45) is 0.996. The second-order valence-corrected chi connectivity index (χ2v) is 8.19. The molecule has 0 saturated heterocycles. The standard InChI is InChI=1S/C25H19ClN6O5/c26-18-4-1-16(2-5-18)15-32-23(30-24(35)31(25(32)36)12-11-22(33)34)29-19-6-8-20(9-7-19)37-21-10-3-17(13-27)14-28-21/h1-10,14H,11-12,15H2,(H,33,34)(H,29,30,35). The zero-order chi connectivity index (χ0) is 26.4. The molecule has 2 N–H and O–H groups in total. The van der Waals surface area contributed by atoms with Crippen molar-refractivity contribution in [1.29, 1.82) is 5.26 Å². The molecule has 2 aromatic carbocycles. The number of rotatable bonds is 9. The zero-order valence-corrected chi connectivity index (χ0v) is 19.9. The van der Waals surface area contributed by atoms with E-state index < -0.39 is 23.8 Å². The van der Waals surface area contributed by atoms with E-state index in [4.69, 9.17) is 26.7 Å². The predicted molar refractivity (Wildman–Crippen MR) is 134 cm³/mol. The predicted octanol–water partition coefficient (Wildman–Crippen LogP) is 3.38. The number of hydrogen-bond donors (Lipinski definition) is 2. The van der Waals surface area contributed by atoms with Gasteiger partial charge in [0.25, 0.3) is 0 Å². The molecule has 37 heavy (non-hydrogen) atoms. The van der Waals surface area contributed by atoms with Crippen LogP contribution in [0.1, 0.15) is 17.5 Å². The number of ether oxygens (including phenoxy) is 1. The fraction of sp³-hybridized carbons (Fsp3) is 0.120. The van der Waals surface area contributed by atoms with E-state index in [2.05, 4.69) is 15.3 Å². The van der Waals surface area contributed by atoms with Gasteiger partial charge in [-0.05, 0) is 48.0 Å². The van der Waals surface area contributed by atoms with Crippen LogP contribution in [0.5, 0.6) is 11.6 Å². The maximum Gasteiger partial charge on any atom is 0.354 e. The normalized spacial score (nSPS) is 10.5. The largest absolute Gasteiger partial charge is 0.481 e. The molecule has 0 aliphatic heterocycles. The van der Waals surface area contributed by atoms with E-state index in [0.717, 1.165) is 10.1 Å². The molecule has 11 nitrogen and oxygen atoms in total. The number of benzene rings is 2. The summed E-state index contributed by atoms with van der Waals surface area (Å²) in [5, 5.41) is 21.3. The van der Waals surface area contributed by atoms with Crippen molar-refractivity contribution < 1.29 is 14.6 Å². The van der Waals surface area contributed by atoms with Crippen molar-refractivity contribution in [3.05, 3.63) is 104 Å². The van der Waals surface area contributed by atoms with Crippen molar-refractivity contribution in [3.8, 4) is 17.7 Å². The minimum absolute atomic E-state index is 0.0149. The Hall–Kier alpha value is -4.95. The quantitative estimate of drug-likeness (QED) is 0.339. The van der Waals surface area contributed by atoms with Crippen LogP contribution in [0.3, 0.4) is 0 Å². The highest BCUT2D eigenvalue weighted by Crippen LogP contribution is 2.23. The van der Waals surface area contributed by atoms with E-state index in [9.17, 15) is 14.4 Å². The minimum Gasteiger partial charge on any atom is -0.481 e. The van der Waals surface area contributed by atoms with Crippen molar-refractivity contribution in [1.82, 2.24) is 19.1 Å². The molecule has 0 spiro atoms. The number of anilines is 2. The van der Waals surface area contributed by atoms with Crippen LogP contribution in [0.2, 0.25) is 5.02 Å². The molecule has 12 heteroatoms. The van der Waals surface area contributed by atoms with Gasteiger partial charge in [-0.2, -0.15) is 10.2 Å². The minimum atomic E-state index is -1.14. The summed E-state index contributed by atoms with van der Waals surface area (Å²) in [6, 6.07) is 18.6. The van der Waals surface area contributed by atoms with Crippen LogP contribution in [-0.2, 0) is 17.9 Å². The fourth-order valence-corrected chi connectivity index (χ4v) is 3.43. The highest BCUT2D eigenvalue weighted by atomic mass is 35.5. The Morgan fingerprint density at radius 2 is 1.78 bits per heavy atom. The monoisotopic (exact) mass is 518 g/mol. The van der Waals surface area contributed by atoms with E-state index in [0.29, 0.717) is 27.9 Å². The number of carbonyl (C=O) groups is 1. The van der Waals surface area contributed by atoms with Crippen LogP contribution < -0.4 is 21.4 Å². The Labute approximate surface area is 214 Å². The van der Waals surface area contributed by atoms with E-state index >= 15 is 0 Å². The number of aromatic nitrogens is 4. The lowest BCUT2D eigenvalue weighted by atomic mass is 10.2. The summed E-state index contributed by atoms with van der Waals surface area (Å²) in [5.41, 5.74) is 0.0745. The molecule has 4 rings (SSSR count). The number of halogens is 1. The Balaban J connectivity index is 1.61. The van der Waals surface area contributed by atoms with Crippen LogP contribution >= 0.6 is 11.6 Å². The van der Waals surface area contributed by atoms with Crippen molar-refractivity contribution in [2.45, 2.75) is 19.5 Å². The first-order chi connectivity index (χ1) is 17.8. The van der Waals surface area contributed by atoms with Crippen LogP contribution in [-0.4, -0.2) is 30.2 Å². The summed E-state index contributed by atoms with van der Waals surface area (Å²) >= 11 is 5.96. The molecule has 0 amide bonds. The van der Waals surface area contributed by atoms with E-state index in [1.165, 1.54) is 10.8 Å². The first kappa shape index (κ1) is 25.2. The third-order valence-corrected chi connectivity index (χ3v) is 5.40. The second-order valence-electron chi connectivity index (χ2n) is 7.76. The SMILES string of the molecule is N#Cc1ccc(Oc2ccc(Nc3nc(=O)n(CCC(=O)O)c(=O)n3Cc3ccc(Cl)cc3)cc2)nc1. The van der Waals surface area contributed by atoms with Gasteiger partial charge >= 0.3 is 17.3 Å². The number of nitriles is 1. The van der Waals surface area contributed by atoms with E-state index in [1.807, 2.05) is 6.07 Å². The molecule has 0 atom stereocenters. The smallest absolute Gasteiger partial charge is 0.354 e. The lowest BCUT2D eigenvalue weighted by molar-refractivity contribution is -0.137. The lowest BCUT2D eigenvalue weighted by Crippen LogP contribution is -2.43. The number of pyridine rings is 1. The third kappa shape index (κ3) is 6.39. The molecular weight excluding hydrogens is 500 g/mol. The fourth-order valence-electron chi connectivity index (χ4n) is 3.30. The Morgan fingerprint density at radius 3 is 2.41 bits per heavy atom.